The van der Waals surface area contributed by atoms with Gasteiger partial charge in [0.1, 0.15) is 5.60 Å². The number of nitrogens with zero attached hydrogens (tertiary/aromatic N) is 4. The van der Waals surface area contributed by atoms with Gasteiger partial charge in [-0.05, 0) is 108 Å². The molecule has 5 heterocycles. The summed E-state index contributed by atoms with van der Waals surface area (Å²) in [7, 11) is 0. The molecule has 1 saturated heterocycles. The molecule has 2 saturated carbocycles. The van der Waals surface area contributed by atoms with Crippen LogP contribution in [0.3, 0.4) is 0 Å². The lowest BCUT2D eigenvalue weighted by Gasteiger charge is -2.39. The molecular weight excluding hydrogens is 863 g/mol. The number of aliphatic hydroxyl groups excluding tert-OH is 2. The first-order valence-electron chi connectivity index (χ1n) is 22.9. The summed E-state index contributed by atoms with van der Waals surface area (Å²) < 4.78 is 89.5. The van der Waals surface area contributed by atoms with Crippen molar-refractivity contribution in [1.29, 1.82) is 0 Å². The van der Waals surface area contributed by atoms with Gasteiger partial charge in [0.25, 0.3) is 0 Å². The van der Waals surface area contributed by atoms with E-state index in [2.05, 4.69) is 20.6 Å². The van der Waals surface area contributed by atoms with Crippen molar-refractivity contribution in [1.82, 2.24) is 30.4 Å². The second kappa shape index (κ2) is 20.0. The van der Waals surface area contributed by atoms with Crippen LogP contribution in [0.4, 0.5) is 31.1 Å². The summed E-state index contributed by atoms with van der Waals surface area (Å²) in [5, 5.41) is 28.2. The van der Waals surface area contributed by atoms with Crippen LogP contribution in [0.1, 0.15) is 132 Å². The number of amides is 3. The molecule has 3 fully saturated rings. The van der Waals surface area contributed by atoms with Gasteiger partial charge in [0.15, 0.2) is 0 Å². The molecule has 3 amide bonds. The number of hydrogen-bond acceptors (Lipinski definition) is 10. The van der Waals surface area contributed by atoms with Gasteiger partial charge < -0.3 is 40.1 Å². The summed E-state index contributed by atoms with van der Waals surface area (Å²) in [5.74, 6) is -0.445. The predicted molar refractivity (Wildman–Crippen MR) is 226 cm³/mol. The zero-order valence-corrected chi connectivity index (χ0v) is 37.9. The Morgan fingerprint density at radius 1 is 0.754 bits per heavy atom. The number of alkyl carbamates (subject to hydrolysis) is 1. The molecule has 19 heteroatoms. The van der Waals surface area contributed by atoms with Crippen molar-refractivity contribution in [2.45, 2.75) is 173 Å². The number of aliphatic hydroxyl groups is 2. The molecule has 2 aromatic rings. The number of ether oxygens (including phenoxy) is 2. The average Bonchev–Trinajstić information content (AvgIpc) is 3.89. The highest BCUT2D eigenvalue weighted by Crippen LogP contribution is 2.47. The van der Waals surface area contributed by atoms with Crippen LogP contribution in [0, 0.1) is 10.8 Å². The van der Waals surface area contributed by atoms with Crippen molar-refractivity contribution in [3.8, 4) is 0 Å². The lowest BCUT2D eigenvalue weighted by atomic mass is 9.77. The Morgan fingerprint density at radius 2 is 1.20 bits per heavy atom. The Bertz CT molecular complexity index is 2010. The van der Waals surface area contributed by atoms with Gasteiger partial charge in [-0.2, -0.15) is 26.3 Å². The third-order valence-corrected chi connectivity index (χ3v) is 13.7. The van der Waals surface area contributed by atoms with E-state index < -0.39 is 58.2 Å². The summed E-state index contributed by atoms with van der Waals surface area (Å²) in [6, 6.07) is 2.30. The summed E-state index contributed by atoms with van der Waals surface area (Å²) in [5.41, 5.74) is -2.35. The number of rotatable bonds is 9. The van der Waals surface area contributed by atoms with Gasteiger partial charge in [0, 0.05) is 94.1 Å². The second-order valence-electron chi connectivity index (χ2n) is 19.3. The first-order chi connectivity index (χ1) is 30.5. The molecule has 0 radical (unpaired) electrons. The molecule has 6 atom stereocenters. The van der Waals surface area contributed by atoms with Gasteiger partial charge in [-0.1, -0.05) is 13.8 Å². The highest BCUT2D eigenvalue weighted by atomic mass is 19.4. The number of hydrogen-bond donors (Lipinski definition) is 4. The van der Waals surface area contributed by atoms with Crippen molar-refractivity contribution >= 4 is 17.9 Å². The topological polar surface area (TPSA) is 166 Å². The van der Waals surface area contributed by atoms with Crippen molar-refractivity contribution in [3.05, 3.63) is 58.2 Å². The third kappa shape index (κ3) is 11.7. The van der Waals surface area contributed by atoms with E-state index in [1.165, 1.54) is 4.90 Å². The molecule has 5 aliphatic rings. The van der Waals surface area contributed by atoms with E-state index >= 15 is 0 Å². The Morgan fingerprint density at radius 3 is 1.63 bits per heavy atom. The first kappa shape index (κ1) is 50.3. The van der Waals surface area contributed by atoms with E-state index in [0.29, 0.717) is 93.0 Å². The van der Waals surface area contributed by atoms with Crippen LogP contribution in [-0.2, 0) is 57.3 Å². The Kier molecular flexibility index (Phi) is 15.5. The van der Waals surface area contributed by atoms with E-state index in [4.69, 9.17) is 9.47 Å². The van der Waals surface area contributed by atoms with Gasteiger partial charge in [0.2, 0.25) is 11.8 Å². The molecule has 2 aliphatic carbocycles. The van der Waals surface area contributed by atoms with E-state index in [0.717, 1.165) is 57.0 Å². The van der Waals surface area contributed by atoms with Crippen LogP contribution in [0.25, 0.3) is 0 Å². The maximum atomic E-state index is 13.7. The smallest absolute Gasteiger partial charge is 0.417 e. The molecule has 4 N–H and O–H groups in total. The Labute approximate surface area is 376 Å². The van der Waals surface area contributed by atoms with Gasteiger partial charge >= 0.3 is 18.4 Å². The van der Waals surface area contributed by atoms with Crippen LogP contribution in [0.5, 0.6) is 0 Å². The minimum Gasteiger partial charge on any atom is -0.444 e. The number of fused-ring (bicyclic) bond motifs is 2. The average molecular weight is 927 g/mol. The van der Waals surface area contributed by atoms with Crippen molar-refractivity contribution in [2.24, 2.45) is 10.8 Å². The fourth-order valence-corrected chi connectivity index (χ4v) is 10.3. The molecule has 3 aliphatic heterocycles. The van der Waals surface area contributed by atoms with E-state index in [-0.39, 0.29) is 43.4 Å². The molecular formula is C46H64F6N6O7. The predicted octanol–water partition coefficient (Wildman–Crippen LogP) is 6.88. The van der Waals surface area contributed by atoms with Crippen LogP contribution >= 0.6 is 0 Å². The lowest BCUT2D eigenvalue weighted by Crippen LogP contribution is -2.51. The van der Waals surface area contributed by atoms with E-state index in [1.807, 2.05) is 6.92 Å². The van der Waals surface area contributed by atoms with Gasteiger partial charge in [-0.15, -0.1) is 0 Å². The Hall–Kier alpha value is -4.07. The molecule has 65 heavy (non-hydrogen) atoms. The normalized spacial score (nSPS) is 26.0. The Balaban J connectivity index is 0.000000215. The molecule has 0 aromatic carbocycles. The monoisotopic (exact) mass is 926 g/mol. The second-order valence-corrected chi connectivity index (χ2v) is 19.3. The van der Waals surface area contributed by atoms with Crippen LogP contribution in [0.15, 0.2) is 24.5 Å². The van der Waals surface area contributed by atoms with E-state index in [1.54, 1.807) is 32.6 Å². The summed E-state index contributed by atoms with van der Waals surface area (Å²) in [4.78, 5) is 50.7. The number of alkyl halides is 6. The third-order valence-electron chi connectivity index (χ3n) is 13.7. The zero-order valence-electron chi connectivity index (χ0n) is 37.9. The molecule has 13 nitrogen and oxygen atoms in total. The minimum atomic E-state index is -4.51. The summed E-state index contributed by atoms with van der Waals surface area (Å²) in [6.45, 7) is 11.2. The minimum absolute atomic E-state index is 0.00737. The largest absolute Gasteiger partial charge is 0.444 e. The number of aromatic nitrogens is 2. The number of carbonyl (C=O) groups is 3. The summed E-state index contributed by atoms with van der Waals surface area (Å²) in [6.07, 6.45) is -3.15. The fourth-order valence-electron chi connectivity index (χ4n) is 10.3. The maximum absolute atomic E-state index is 13.7. The van der Waals surface area contributed by atoms with Crippen molar-refractivity contribution < 1.29 is 60.4 Å². The SMILES string of the molecule is CCC(O)C1(C(=O)N2CCc3ncc(C(F)(F)F)cc3C2)CC[C@@H](NC(=O)OC(C)(C)C)C1.CCC(O)C1(C(=O)N2CCc3ncc(C(F)(F)F)cc3C2)CC[C@@H](NC2CCOCC2)C1. The van der Waals surface area contributed by atoms with Crippen LogP contribution in [-0.4, -0.2) is 110 Å². The highest BCUT2D eigenvalue weighted by Gasteiger charge is 2.53. The molecule has 362 valence electrons. The number of halogens is 6. The molecule has 0 bridgehead atoms. The molecule has 4 unspecified atom stereocenters. The highest BCUT2D eigenvalue weighted by molar-refractivity contribution is 5.85. The zero-order chi connectivity index (χ0) is 47.5. The number of pyridine rings is 2. The van der Waals surface area contributed by atoms with Crippen LogP contribution < -0.4 is 10.6 Å². The van der Waals surface area contributed by atoms with Gasteiger partial charge in [-0.3, -0.25) is 19.6 Å². The molecule has 7 rings (SSSR count). The maximum Gasteiger partial charge on any atom is 0.417 e. The van der Waals surface area contributed by atoms with E-state index in [9.17, 15) is 50.9 Å². The first-order valence-corrected chi connectivity index (χ1v) is 22.9. The fraction of sp³-hybridized carbons (Fsp3) is 0.717. The molecule has 2 aromatic heterocycles. The number of nitrogens with one attached hydrogen (secondary N) is 2. The quantitative estimate of drug-likeness (QED) is 0.195. The van der Waals surface area contributed by atoms with Gasteiger partial charge in [0.05, 0.1) is 34.2 Å². The lowest BCUT2D eigenvalue weighted by molar-refractivity contribution is -0.151. The standard InChI is InChI=1S/C23H32F3N3O4.C23H32F3N3O3/c1-5-18(30)22(8-6-16(11-22)28-20(32)33-21(2,3)4)19(31)29-9-7-17-14(13-29)10-15(12-27-17)23(24,25)26;1-2-20(30)22(7-3-18(12-22)28-17-5-9-32-10-6-17)21(31)29-8-4-19-15(14-29)11-16(13-27-19)23(24,25)26/h10,12,16,18,30H,5-9,11,13H2,1-4H3,(H,28,32);11,13,17-18,20,28,30H,2-10,12,14H2,1H3/t16-,18?,22?;18-,20?,22?/m11/s1. The summed E-state index contributed by atoms with van der Waals surface area (Å²) >= 11 is 0. The van der Waals surface area contributed by atoms with Crippen LogP contribution in [0.2, 0.25) is 0 Å². The van der Waals surface area contributed by atoms with Crippen molar-refractivity contribution in [2.75, 3.05) is 26.3 Å². The number of carbonyl (C=O) groups excluding carboxylic acids is 3. The molecule has 0 spiro atoms. The van der Waals surface area contributed by atoms with Gasteiger partial charge in [-0.25, -0.2) is 4.79 Å². The van der Waals surface area contributed by atoms with Crippen molar-refractivity contribution in [3.63, 3.8) is 0 Å².